The summed E-state index contributed by atoms with van der Waals surface area (Å²) in [5, 5.41) is 0. The predicted octanol–water partition coefficient (Wildman–Crippen LogP) is 1.90. The molecule has 0 aliphatic carbocycles. The van der Waals surface area contributed by atoms with Gasteiger partial charge in [-0.15, -0.1) is 0 Å². The SMILES string of the molecule is Cc1cc(C(=O)c2ccccc2)cnc1N1CCN(C=O)CC1. The molecule has 1 saturated heterocycles. The van der Waals surface area contributed by atoms with Crippen LogP contribution in [0.5, 0.6) is 0 Å². The van der Waals surface area contributed by atoms with Crippen molar-refractivity contribution < 1.29 is 9.59 Å². The lowest BCUT2D eigenvalue weighted by Gasteiger charge is -2.34. The molecule has 1 amide bonds. The molecule has 2 heterocycles. The highest BCUT2D eigenvalue weighted by Crippen LogP contribution is 2.20. The normalized spacial score (nSPS) is 14.7. The van der Waals surface area contributed by atoms with Gasteiger partial charge in [0.15, 0.2) is 5.78 Å². The number of hydrogen-bond acceptors (Lipinski definition) is 4. The van der Waals surface area contributed by atoms with E-state index >= 15 is 0 Å². The van der Waals surface area contributed by atoms with Crippen LogP contribution in [0, 0.1) is 6.92 Å². The zero-order valence-corrected chi connectivity index (χ0v) is 13.1. The van der Waals surface area contributed by atoms with E-state index in [1.165, 1.54) is 0 Å². The van der Waals surface area contributed by atoms with Crippen molar-refractivity contribution in [3.8, 4) is 0 Å². The van der Waals surface area contributed by atoms with E-state index in [1.807, 2.05) is 43.3 Å². The smallest absolute Gasteiger partial charge is 0.209 e. The van der Waals surface area contributed by atoms with Gasteiger partial charge in [-0.1, -0.05) is 30.3 Å². The van der Waals surface area contributed by atoms with Crippen molar-refractivity contribution >= 4 is 18.0 Å². The molecule has 3 rings (SSSR count). The molecule has 0 N–H and O–H groups in total. The number of aromatic nitrogens is 1. The number of carbonyl (C=O) groups is 2. The Kier molecular flexibility index (Phi) is 4.37. The van der Waals surface area contributed by atoms with Crippen LogP contribution in [-0.2, 0) is 4.79 Å². The van der Waals surface area contributed by atoms with Gasteiger partial charge in [-0.2, -0.15) is 0 Å². The summed E-state index contributed by atoms with van der Waals surface area (Å²) in [4.78, 5) is 31.7. The van der Waals surface area contributed by atoms with E-state index in [2.05, 4.69) is 9.88 Å². The quantitative estimate of drug-likeness (QED) is 0.639. The molecule has 23 heavy (non-hydrogen) atoms. The van der Waals surface area contributed by atoms with Crippen LogP contribution in [0.2, 0.25) is 0 Å². The van der Waals surface area contributed by atoms with Gasteiger partial charge in [-0.25, -0.2) is 4.98 Å². The standard InChI is InChI=1S/C18H19N3O2/c1-14-11-16(17(23)15-5-3-2-4-6-15)12-19-18(14)21-9-7-20(13-22)8-10-21/h2-6,11-13H,7-10H2,1H3. The van der Waals surface area contributed by atoms with Gasteiger partial charge in [-0.05, 0) is 18.6 Å². The van der Waals surface area contributed by atoms with Gasteiger partial charge < -0.3 is 9.80 Å². The molecule has 1 aromatic carbocycles. The van der Waals surface area contributed by atoms with Gasteiger partial charge in [0, 0.05) is 43.5 Å². The average Bonchev–Trinajstić information content (AvgIpc) is 2.62. The van der Waals surface area contributed by atoms with E-state index < -0.39 is 0 Å². The summed E-state index contributed by atoms with van der Waals surface area (Å²) in [7, 11) is 0. The number of anilines is 1. The summed E-state index contributed by atoms with van der Waals surface area (Å²) in [6, 6.07) is 11.1. The van der Waals surface area contributed by atoms with Crippen molar-refractivity contribution in [1.29, 1.82) is 0 Å². The number of nitrogens with zero attached hydrogens (tertiary/aromatic N) is 3. The zero-order chi connectivity index (χ0) is 16.2. The molecule has 1 aliphatic rings. The Balaban J connectivity index is 1.79. The maximum absolute atomic E-state index is 12.5. The fourth-order valence-corrected chi connectivity index (χ4v) is 2.82. The van der Waals surface area contributed by atoms with E-state index in [0.717, 1.165) is 30.9 Å². The first-order valence-electron chi connectivity index (χ1n) is 7.70. The van der Waals surface area contributed by atoms with Crippen molar-refractivity contribution in [1.82, 2.24) is 9.88 Å². The molecular formula is C18H19N3O2. The number of aryl methyl sites for hydroxylation is 1. The van der Waals surface area contributed by atoms with E-state index in [4.69, 9.17) is 0 Å². The fourth-order valence-electron chi connectivity index (χ4n) is 2.82. The van der Waals surface area contributed by atoms with Crippen LogP contribution >= 0.6 is 0 Å². The molecule has 5 heteroatoms. The van der Waals surface area contributed by atoms with E-state index in [0.29, 0.717) is 24.2 Å². The third kappa shape index (κ3) is 3.23. The van der Waals surface area contributed by atoms with Gasteiger partial charge in [0.1, 0.15) is 5.82 Å². The molecule has 1 aromatic heterocycles. The lowest BCUT2D eigenvalue weighted by molar-refractivity contribution is -0.118. The van der Waals surface area contributed by atoms with Crippen molar-refractivity contribution in [3.63, 3.8) is 0 Å². The second-order valence-corrected chi connectivity index (χ2v) is 5.69. The van der Waals surface area contributed by atoms with Crippen LogP contribution < -0.4 is 4.90 Å². The minimum absolute atomic E-state index is 0.0153. The molecule has 1 aliphatic heterocycles. The minimum atomic E-state index is -0.0153. The van der Waals surface area contributed by atoms with Gasteiger partial charge in [-0.3, -0.25) is 9.59 Å². The molecular weight excluding hydrogens is 290 g/mol. The van der Waals surface area contributed by atoms with Gasteiger partial charge in [0.05, 0.1) is 0 Å². The fraction of sp³-hybridized carbons (Fsp3) is 0.278. The molecule has 2 aromatic rings. The Bertz CT molecular complexity index is 707. The molecule has 1 fully saturated rings. The second-order valence-electron chi connectivity index (χ2n) is 5.69. The molecule has 5 nitrogen and oxygen atoms in total. The van der Waals surface area contributed by atoms with Gasteiger partial charge in [0.25, 0.3) is 0 Å². The Morgan fingerprint density at radius 2 is 1.78 bits per heavy atom. The van der Waals surface area contributed by atoms with Crippen LogP contribution in [0.1, 0.15) is 21.5 Å². The largest absolute Gasteiger partial charge is 0.353 e. The van der Waals surface area contributed by atoms with E-state index in [9.17, 15) is 9.59 Å². The van der Waals surface area contributed by atoms with Crippen molar-refractivity contribution in [2.45, 2.75) is 6.92 Å². The Hall–Kier alpha value is -2.69. The number of piperazine rings is 1. The number of benzene rings is 1. The predicted molar refractivity (Wildman–Crippen MR) is 88.7 cm³/mol. The van der Waals surface area contributed by atoms with Gasteiger partial charge >= 0.3 is 0 Å². The van der Waals surface area contributed by atoms with E-state index in [-0.39, 0.29) is 5.78 Å². The summed E-state index contributed by atoms with van der Waals surface area (Å²) < 4.78 is 0. The third-order valence-corrected chi connectivity index (χ3v) is 4.11. The number of rotatable bonds is 4. The first-order chi connectivity index (χ1) is 11.2. The minimum Gasteiger partial charge on any atom is -0.353 e. The van der Waals surface area contributed by atoms with Gasteiger partial charge in [0.2, 0.25) is 6.41 Å². The second kappa shape index (κ2) is 6.60. The molecule has 0 spiro atoms. The highest BCUT2D eigenvalue weighted by molar-refractivity contribution is 6.09. The number of carbonyl (C=O) groups excluding carboxylic acids is 2. The molecule has 0 saturated carbocycles. The molecule has 0 bridgehead atoms. The van der Waals surface area contributed by atoms with Crippen LogP contribution in [-0.4, -0.2) is 48.3 Å². The maximum atomic E-state index is 12.5. The number of pyridine rings is 1. The average molecular weight is 309 g/mol. The maximum Gasteiger partial charge on any atom is 0.209 e. The number of amides is 1. The van der Waals surface area contributed by atoms with Crippen molar-refractivity contribution in [2.24, 2.45) is 0 Å². The summed E-state index contributed by atoms with van der Waals surface area (Å²) >= 11 is 0. The third-order valence-electron chi connectivity index (χ3n) is 4.11. The summed E-state index contributed by atoms with van der Waals surface area (Å²) in [5.41, 5.74) is 2.25. The molecule has 118 valence electrons. The van der Waals surface area contributed by atoms with Crippen molar-refractivity contribution in [2.75, 3.05) is 31.1 Å². The number of hydrogen-bond donors (Lipinski definition) is 0. The van der Waals surface area contributed by atoms with Crippen LogP contribution in [0.25, 0.3) is 0 Å². The molecule has 0 atom stereocenters. The monoisotopic (exact) mass is 309 g/mol. The highest BCUT2D eigenvalue weighted by atomic mass is 16.1. The summed E-state index contributed by atoms with van der Waals surface area (Å²) in [5.74, 6) is 0.874. The Morgan fingerprint density at radius 3 is 2.39 bits per heavy atom. The molecule has 0 unspecified atom stereocenters. The Morgan fingerprint density at radius 1 is 1.09 bits per heavy atom. The number of ketones is 1. The van der Waals surface area contributed by atoms with E-state index in [1.54, 1.807) is 11.1 Å². The topological polar surface area (TPSA) is 53.5 Å². The van der Waals surface area contributed by atoms with Crippen LogP contribution in [0.15, 0.2) is 42.6 Å². The molecule has 0 radical (unpaired) electrons. The summed E-state index contributed by atoms with van der Waals surface area (Å²) in [6.07, 6.45) is 2.53. The lowest BCUT2D eigenvalue weighted by atomic mass is 10.0. The highest BCUT2D eigenvalue weighted by Gasteiger charge is 2.19. The Labute approximate surface area is 135 Å². The van der Waals surface area contributed by atoms with Crippen molar-refractivity contribution in [3.05, 3.63) is 59.3 Å². The van der Waals surface area contributed by atoms with Crippen LogP contribution in [0.3, 0.4) is 0 Å². The first-order valence-corrected chi connectivity index (χ1v) is 7.70. The van der Waals surface area contributed by atoms with Crippen LogP contribution in [0.4, 0.5) is 5.82 Å². The first kappa shape index (κ1) is 15.2. The summed E-state index contributed by atoms with van der Waals surface area (Å²) in [6.45, 7) is 4.90. The lowest BCUT2D eigenvalue weighted by Crippen LogP contribution is -2.46. The zero-order valence-electron chi connectivity index (χ0n) is 13.1.